The van der Waals surface area contributed by atoms with Gasteiger partial charge in [-0.3, -0.25) is 19.0 Å². The molecule has 35 heavy (non-hydrogen) atoms. The van der Waals surface area contributed by atoms with Crippen molar-refractivity contribution in [1.82, 2.24) is 24.1 Å². The molecule has 182 valence electrons. The van der Waals surface area contributed by atoms with Crippen LogP contribution >= 0.6 is 0 Å². The van der Waals surface area contributed by atoms with Crippen LogP contribution in [0.1, 0.15) is 54.0 Å². The first-order valence-corrected chi connectivity index (χ1v) is 11.6. The van der Waals surface area contributed by atoms with Gasteiger partial charge in [0.15, 0.2) is 5.78 Å². The Morgan fingerprint density at radius 3 is 2.26 bits per heavy atom. The highest BCUT2D eigenvalue weighted by atomic mass is 16.2. The van der Waals surface area contributed by atoms with E-state index in [9.17, 15) is 19.2 Å². The zero-order valence-electron chi connectivity index (χ0n) is 20.5. The molecule has 1 N–H and O–H groups in total. The predicted octanol–water partition coefficient (Wildman–Crippen LogP) is 2.80. The average molecular weight is 476 g/mol. The smallest absolute Gasteiger partial charge is 0.350 e. The van der Waals surface area contributed by atoms with Gasteiger partial charge < -0.3 is 5.32 Å². The van der Waals surface area contributed by atoms with E-state index in [1.54, 1.807) is 24.3 Å². The van der Waals surface area contributed by atoms with Crippen molar-refractivity contribution in [3.8, 4) is 0 Å². The van der Waals surface area contributed by atoms with Crippen LogP contribution in [-0.2, 0) is 13.1 Å². The van der Waals surface area contributed by atoms with Crippen molar-refractivity contribution in [2.45, 2.75) is 53.8 Å². The van der Waals surface area contributed by atoms with E-state index in [-0.39, 0.29) is 47.0 Å². The summed E-state index contributed by atoms with van der Waals surface area (Å²) in [6, 6.07) is 11.7. The van der Waals surface area contributed by atoms with Gasteiger partial charge in [-0.1, -0.05) is 43.7 Å². The van der Waals surface area contributed by atoms with Gasteiger partial charge in [0.25, 0.3) is 11.5 Å². The first-order valence-electron chi connectivity index (χ1n) is 11.6. The second-order valence-electron chi connectivity index (χ2n) is 9.53. The number of hydrogen-bond donors (Lipinski definition) is 1. The first-order chi connectivity index (χ1) is 16.6. The van der Waals surface area contributed by atoms with Gasteiger partial charge in [-0.15, -0.1) is 5.10 Å². The third-order valence-corrected chi connectivity index (χ3v) is 5.67. The van der Waals surface area contributed by atoms with Crippen molar-refractivity contribution in [2.24, 2.45) is 5.92 Å². The molecule has 9 nitrogen and oxygen atoms in total. The molecule has 0 fully saturated rings. The normalized spacial score (nSPS) is 11.6. The van der Waals surface area contributed by atoms with Crippen LogP contribution in [0.25, 0.3) is 16.7 Å². The van der Waals surface area contributed by atoms with Gasteiger partial charge in [0, 0.05) is 23.7 Å². The molecule has 0 aliphatic rings. The van der Waals surface area contributed by atoms with Gasteiger partial charge in [-0.2, -0.15) is 0 Å². The topological polar surface area (TPSA) is 107 Å². The summed E-state index contributed by atoms with van der Waals surface area (Å²) in [4.78, 5) is 52.3. The number of amides is 1. The maximum Gasteiger partial charge on any atom is 0.352 e. The summed E-state index contributed by atoms with van der Waals surface area (Å²) >= 11 is 0. The van der Waals surface area contributed by atoms with Crippen molar-refractivity contribution in [3.63, 3.8) is 0 Å². The minimum Gasteiger partial charge on any atom is -0.350 e. The number of aromatic nitrogens is 4. The van der Waals surface area contributed by atoms with E-state index >= 15 is 0 Å². The fourth-order valence-electron chi connectivity index (χ4n) is 4.00. The van der Waals surface area contributed by atoms with E-state index in [4.69, 9.17) is 0 Å². The van der Waals surface area contributed by atoms with Crippen LogP contribution in [0.3, 0.4) is 0 Å². The average Bonchev–Trinajstić information content (AvgIpc) is 3.12. The number of carbonyl (C=O) groups excluding carboxylic acids is 2. The number of rotatable bonds is 7. The Balaban J connectivity index is 1.92. The summed E-state index contributed by atoms with van der Waals surface area (Å²) in [5.74, 6) is -0.329. The SMILES string of the molecule is Cc1ccc(C(=O)Cn2nc3n(CC(C)C)c(=O)c4ccc(C(=O)NC(C)C)cc4n3c2=O)cc1. The monoisotopic (exact) mass is 475 g/mol. The number of benzene rings is 2. The molecule has 0 aliphatic heterocycles. The van der Waals surface area contributed by atoms with Crippen LogP contribution in [0.15, 0.2) is 52.1 Å². The van der Waals surface area contributed by atoms with Crippen molar-refractivity contribution in [3.05, 3.63) is 80.0 Å². The minimum atomic E-state index is -0.551. The van der Waals surface area contributed by atoms with E-state index in [2.05, 4.69) is 10.4 Å². The predicted molar refractivity (Wildman–Crippen MR) is 134 cm³/mol. The van der Waals surface area contributed by atoms with Crippen molar-refractivity contribution in [1.29, 1.82) is 0 Å². The van der Waals surface area contributed by atoms with E-state index < -0.39 is 5.69 Å². The lowest BCUT2D eigenvalue weighted by molar-refractivity contribution is 0.0940. The number of carbonyl (C=O) groups is 2. The Morgan fingerprint density at radius 2 is 1.63 bits per heavy atom. The fraction of sp³-hybridized carbons (Fsp3) is 0.346. The van der Waals surface area contributed by atoms with Crippen molar-refractivity contribution in [2.75, 3.05) is 0 Å². The molecule has 0 bridgehead atoms. The summed E-state index contributed by atoms with van der Waals surface area (Å²) in [6.07, 6.45) is 0. The molecule has 0 saturated carbocycles. The maximum atomic E-state index is 13.5. The highest BCUT2D eigenvalue weighted by molar-refractivity contribution is 5.98. The Hall–Kier alpha value is -4.01. The molecule has 0 aliphatic carbocycles. The van der Waals surface area contributed by atoms with Crippen LogP contribution in [0.5, 0.6) is 0 Å². The summed E-state index contributed by atoms with van der Waals surface area (Å²) in [5, 5.41) is 7.50. The van der Waals surface area contributed by atoms with Crippen LogP contribution in [0.2, 0.25) is 0 Å². The van der Waals surface area contributed by atoms with Crippen molar-refractivity contribution < 1.29 is 9.59 Å². The van der Waals surface area contributed by atoms with Crippen molar-refractivity contribution >= 4 is 28.4 Å². The lowest BCUT2D eigenvalue weighted by atomic mass is 10.1. The fourth-order valence-corrected chi connectivity index (χ4v) is 4.00. The highest BCUT2D eigenvalue weighted by Gasteiger charge is 2.21. The zero-order chi connectivity index (χ0) is 25.4. The molecule has 9 heteroatoms. The standard InChI is InChI=1S/C26H29N5O4/c1-15(2)13-29-24(34)20-11-10-19(23(33)27-16(3)4)12-21(20)31-25(29)28-30(26(31)35)14-22(32)18-8-6-17(5)7-9-18/h6-12,15-16H,13-14H2,1-5H3,(H,27,33). The largest absolute Gasteiger partial charge is 0.352 e. The molecule has 1 amide bonds. The first kappa shape index (κ1) is 24.1. The zero-order valence-corrected chi connectivity index (χ0v) is 20.5. The van der Waals surface area contributed by atoms with Gasteiger partial charge in [0.05, 0.1) is 10.9 Å². The summed E-state index contributed by atoms with van der Waals surface area (Å²) in [6.45, 7) is 9.62. The maximum absolute atomic E-state index is 13.5. The minimum absolute atomic E-state index is 0.0736. The molecule has 4 aromatic rings. The Bertz CT molecular complexity index is 1560. The Kier molecular flexibility index (Phi) is 6.43. The van der Waals surface area contributed by atoms with E-state index in [1.807, 2.05) is 46.8 Å². The second kappa shape index (κ2) is 9.32. The Labute approximate surface area is 202 Å². The second-order valence-corrected chi connectivity index (χ2v) is 9.53. The molecule has 0 unspecified atom stereocenters. The third kappa shape index (κ3) is 4.66. The summed E-state index contributed by atoms with van der Waals surface area (Å²) in [7, 11) is 0. The number of nitrogens with zero attached hydrogens (tertiary/aromatic N) is 4. The van der Waals surface area contributed by atoms with E-state index in [0.717, 1.165) is 10.2 Å². The van der Waals surface area contributed by atoms with Gasteiger partial charge in [-0.25, -0.2) is 13.9 Å². The molecule has 0 spiro atoms. The number of nitrogens with one attached hydrogen (secondary N) is 1. The van der Waals surface area contributed by atoms with Gasteiger partial charge >= 0.3 is 5.69 Å². The van der Waals surface area contributed by atoms with Crippen LogP contribution < -0.4 is 16.6 Å². The van der Waals surface area contributed by atoms with Gasteiger partial charge in [-0.05, 0) is 44.9 Å². The van der Waals surface area contributed by atoms with Gasteiger partial charge in [0.2, 0.25) is 5.78 Å². The highest BCUT2D eigenvalue weighted by Crippen LogP contribution is 2.16. The summed E-state index contributed by atoms with van der Waals surface area (Å²) < 4.78 is 3.84. The quantitative estimate of drug-likeness (QED) is 0.414. The number of hydrogen-bond acceptors (Lipinski definition) is 5. The lowest BCUT2D eigenvalue weighted by Crippen LogP contribution is -2.31. The van der Waals surface area contributed by atoms with E-state index in [1.165, 1.54) is 15.0 Å². The molecule has 2 aromatic heterocycles. The summed E-state index contributed by atoms with van der Waals surface area (Å²) in [5.41, 5.74) is 1.23. The molecule has 2 heterocycles. The number of Topliss-reactive ketones (excluding diaryl/α,β-unsaturated/α-hetero) is 1. The Morgan fingerprint density at radius 1 is 0.971 bits per heavy atom. The van der Waals surface area contributed by atoms with Crippen LogP contribution in [0, 0.1) is 12.8 Å². The molecule has 4 rings (SSSR count). The number of fused-ring (bicyclic) bond motifs is 3. The van der Waals surface area contributed by atoms with Crippen LogP contribution in [0.4, 0.5) is 0 Å². The van der Waals surface area contributed by atoms with Gasteiger partial charge in [0.1, 0.15) is 6.54 Å². The molecule has 2 aromatic carbocycles. The van der Waals surface area contributed by atoms with Crippen LogP contribution in [-0.4, -0.2) is 36.5 Å². The number of ketones is 1. The molecule has 0 saturated heterocycles. The third-order valence-electron chi connectivity index (χ3n) is 5.67. The molecule has 0 atom stereocenters. The number of aryl methyl sites for hydroxylation is 1. The molecular weight excluding hydrogens is 446 g/mol. The molecular formula is C26H29N5O4. The molecule has 0 radical (unpaired) electrons. The van der Waals surface area contributed by atoms with E-state index in [0.29, 0.717) is 23.1 Å². The lowest BCUT2D eigenvalue weighted by Gasteiger charge is -2.13.